The summed E-state index contributed by atoms with van der Waals surface area (Å²) < 4.78 is 42.3. The molecule has 51 heavy (non-hydrogen) atoms. The summed E-state index contributed by atoms with van der Waals surface area (Å²) in [5.74, 6) is 0.964. The van der Waals surface area contributed by atoms with E-state index in [0.717, 1.165) is 48.5 Å². The van der Waals surface area contributed by atoms with E-state index in [1.807, 2.05) is 32.0 Å². The van der Waals surface area contributed by atoms with Gasteiger partial charge in [-0.15, -0.1) is 0 Å². The van der Waals surface area contributed by atoms with Crippen LogP contribution in [0.15, 0.2) is 65.8 Å². The number of fused-ring (bicyclic) bond motifs is 5. The van der Waals surface area contributed by atoms with E-state index in [4.69, 9.17) is 14.5 Å². The summed E-state index contributed by atoms with van der Waals surface area (Å²) in [6.07, 6.45) is 6.24. The van der Waals surface area contributed by atoms with E-state index in [-0.39, 0.29) is 52.8 Å². The molecule has 4 bridgehead atoms. The number of aromatic nitrogens is 4. The van der Waals surface area contributed by atoms with Gasteiger partial charge >= 0.3 is 0 Å². The molecule has 2 fully saturated rings. The van der Waals surface area contributed by atoms with Gasteiger partial charge in [-0.1, -0.05) is 45.0 Å². The third-order valence-corrected chi connectivity index (χ3v) is 11.2. The zero-order valence-corrected chi connectivity index (χ0v) is 30.6. The first-order valence-corrected chi connectivity index (χ1v) is 19.0. The molecule has 12 nitrogen and oxygen atoms in total. The van der Waals surface area contributed by atoms with Crippen LogP contribution in [0.5, 0.6) is 5.88 Å². The molecule has 0 saturated carbocycles. The van der Waals surface area contributed by atoms with Crippen molar-refractivity contribution in [2.45, 2.75) is 77.4 Å². The minimum absolute atomic E-state index is 0.0799. The molecule has 3 atom stereocenters. The Balaban J connectivity index is 1.31. The van der Waals surface area contributed by atoms with Crippen molar-refractivity contribution in [3.63, 3.8) is 0 Å². The Bertz CT molecular complexity index is 2030. The van der Waals surface area contributed by atoms with Crippen LogP contribution in [0.4, 0.5) is 11.8 Å². The van der Waals surface area contributed by atoms with Gasteiger partial charge in [0.15, 0.2) is 0 Å². The highest BCUT2D eigenvalue weighted by atomic mass is 32.2. The van der Waals surface area contributed by atoms with Crippen LogP contribution in [0.3, 0.4) is 0 Å². The monoisotopic (exact) mass is 711 g/mol. The molecule has 3 aliphatic rings. The lowest BCUT2D eigenvalue weighted by Crippen LogP contribution is -2.46. The van der Waals surface area contributed by atoms with Crippen LogP contribution in [0, 0.1) is 25.2 Å². The molecule has 13 heteroatoms. The lowest BCUT2D eigenvalue weighted by Gasteiger charge is -2.37. The number of amides is 1. The number of carbonyl (C=O) groups is 1. The summed E-state index contributed by atoms with van der Waals surface area (Å²) in [6, 6.07) is 13.5. The lowest BCUT2D eigenvalue weighted by molar-refractivity contribution is 0.0509. The molecule has 2 aromatic heterocycles. The Morgan fingerprint density at radius 2 is 1.75 bits per heavy atom. The van der Waals surface area contributed by atoms with Crippen LogP contribution >= 0.6 is 0 Å². The van der Waals surface area contributed by atoms with Crippen LogP contribution in [-0.2, 0) is 21.3 Å². The van der Waals surface area contributed by atoms with Gasteiger partial charge in [-0.05, 0) is 67.9 Å². The van der Waals surface area contributed by atoms with Crippen LogP contribution in [0.1, 0.15) is 67.2 Å². The van der Waals surface area contributed by atoms with Gasteiger partial charge in [0.25, 0.3) is 15.9 Å². The van der Waals surface area contributed by atoms with Gasteiger partial charge in [0.05, 0.1) is 60.5 Å². The Morgan fingerprint density at radius 3 is 2.53 bits per heavy atom. The Morgan fingerprint density at radius 1 is 0.961 bits per heavy atom. The number of hydrogen-bond acceptors (Lipinski definition) is 10. The number of sulfonamides is 1. The topological polar surface area (TPSA) is 140 Å². The number of hydrogen-bond donors (Lipinski definition) is 1. The van der Waals surface area contributed by atoms with Gasteiger partial charge in [0.2, 0.25) is 11.8 Å². The molecule has 4 aromatic rings. The summed E-state index contributed by atoms with van der Waals surface area (Å²) in [5.41, 5.74) is 3.99. The van der Waals surface area contributed by atoms with E-state index >= 15 is 0 Å². The van der Waals surface area contributed by atoms with E-state index in [0.29, 0.717) is 30.3 Å². The molecule has 1 amide bonds. The van der Waals surface area contributed by atoms with Crippen molar-refractivity contribution in [1.82, 2.24) is 24.8 Å². The first-order chi connectivity index (χ1) is 24.3. The van der Waals surface area contributed by atoms with Gasteiger partial charge in [-0.3, -0.25) is 9.78 Å². The van der Waals surface area contributed by atoms with Gasteiger partial charge in [-0.25, -0.2) is 23.1 Å². The Hall–Kier alpha value is -4.62. The van der Waals surface area contributed by atoms with Crippen molar-refractivity contribution >= 4 is 27.7 Å². The molecule has 3 aliphatic heterocycles. The standard InChI is InChI=1S/C38H45N7O5S/c1-24-9-6-10-25(2)35(24)31-16-34-42-37(41-31)43-51(47,48)30-13-7-11-26(15-30)36(46)45(29(22-50-34)17-38(3,4)5)20-28-18-39-19-33(40-28)44-14-8-12-27-21-49-23-32(27)44/h6-7,9-11,13,15-16,18-19,27,29,32H,8,12,14,17,20-23H2,1-5H3,(H,41,42,43)/t27-,29+,32+/m0/s1. The highest BCUT2D eigenvalue weighted by Gasteiger charge is 2.37. The zero-order chi connectivity index (χ0) is 35.9. The zero-order valence-electron chi connectivity index (χ0n) is 29.8. The van der Waals surface area contributed by atoms with E-state index in [1.165, 1.54) is 12.1 Å². The molecule has 0 aliphatic carbocycles. The van der Waals surface area contributed by atoms with Crippen LogP contribution in [0.25, 0.3) is 11.3 Å². The molecule has 7 rings (SSSR count). The summed E-state index contributed by atoms with van der Waals surface area (Å²) in [7, 11) is -4.18. The maximum absolute atomic E-state index is 14.6. The molecule has 1 N–H and O–H groups in total. The fraction of sp³-hybridized carbons (Fsp3) is 0.447. The SMILES string of the molecule is Cc1cccc(C)c1-c1cc2nc(n1)NS(=O)(=O)c1cccc(c1)C(=O)N(Cc1cncc(N3CCC[C@H]4COC[C@H]43)n1)[C@H](CC(C)(C)C)CO2. The number of carbonyl (C=O) groups excluding carboxylic acids is 1. The average Bonchev–Trinajstić information content (AvgIpc) is 3.57. The normalized spacial score (nSPS) is 21.8. The molecule has 2 aromatic carbocycles. The number of nitrogens with zero attached hydrogens (tertiary/aromatic N) is 6. The highest BCUT2D eigenvalue weighted by Crippen LogP contribution is 2.34. The first kappa shape index (κ1) is 34.8. The van der Waals surface area contributed by atoms with Crippen molar-refractivity contribution in [3.05, 3.63) is 83.3 Å². The minimum Gasteiger partial charge on any atom is -0.475 e. The summed E-state index contributed by atoms with van der Waals surface area (Å²) in [5, 5.41) is 0. The third-order valence-electron chi connectivity index (χ3n) is 9.87. The summed E-state index contributed by atoms with van der Waals surface area (Å²) in [6.45, 7) is 12.8. The molecule has 268 valence electrons. The number of ether oxygens (including phenoxy) is 2. The molecular weight excluding hydrogens is 667 g/mol. The fourth-order valence-corrected chi connectivity index (χ4v) is 8.50. The largest absolute Gasteiger partial charge is 0.475 e. The molecule has 5 heterocycles. The number of benzene rings is 2. The quantitative estimate of drug-likeness (QED) is 0.270. The van der Waals surface area contributed by atoms with E-state index < -0.39 is 16.1 Å². The van der Waals surface area contributed by atoms with Gasteiger partial charge < -0.3 is 19.3 Å². The van der Waals surface area contributed by atoms with Gasteiger partial charge in [0.1, 0.15) is 12.4 Å². The maximum atomic E-state index is 14.6. The first-order valence-electron chi connectivity index (χ1n) is 17.5. The van der Waals surface area contributed by atoms with Crippen molar-refractivity contribution in [2.75, 3.05) is 36.0 Å². The van der Waals surface area contributed by atoms with E-state index in [2.05, 4.69) is 45.3 Å². The van der Waals surface area contributed by atoms with Crippen molar-refractivity contribution in [3.8, 4) is 17.1 Å². The van der Waals surface area contributed by atoms with Crippen LogP contribution in [-0.4, -0.2) is 77.6 Å². The Kier molecular flexibility index (Phi) is 9.44. The highest BCUT2D eigenvalue weighted by molar-refractivity contribution is 7.92. The number of rotatable bonds is 5. The number of piperidine rings is 1. The average molecular weight is 712 g/mol. The Labute approximate surface area is 299 Å². The van der Waals surface area contributed by atoms with Crippen LogP contribution < -0.4 is 14.4 Å². The number of anilines is 2. The molecule has 0 radical (unpaired) electrons. The predicted molar refractivity (Wildman–Crippen MR) is 194 cm³/mol. The lowest BCUT2D eigenvalue weighted by atomic mass is 9.87. The summed E-state index contributed by atoms with van der Waals surface area (Å²) >= 11 is 0. The van der Waals surface area contributed by atoms with Gasteiger partial charge in [0, 0.05) is 29.7 Å². The third kappa shape index (κ3) is 7.55. The summed E-state index contributed by atoms with van der Waals surface area (Å²) in [4.78, 5) is 37.3. The molecular formula is C38H45N7O5S. The smallest absolute Gasteiger partial charge is 0.264 e. The molecule has 2 saturated heterocycles. The van der Waals surface area contributed by atoms with Crippen molar-refractivity contribution in [2.24, 2.45) is 11.3 Å². The van der Waals surface area contributed by atoms with Crippen LogP contribution in [0.2, 0.25) is 0 Å². The second kappa shape index (κ2) is 13.8. The van der Waals surface area contributed by atoms with E-state index in [1.54, 1.807) is 35.5 Å². The predicted octanol–water partition coefficient (Wildman–Crippen LogP) is 5.81. The van der Waals surface area contributed by atoms with Gasteiger partial charge in [-0.2, -0.15) is 4.98 Å². The van der Waals surface area contributed by atoms with Crippen molar-refractivity contribution < 1.29 is 22.7 Å². The van der Waals surface area contributed by atoms with Crippen molar-refractivity contribution in [1.29, 1.82) is 0 Å². The second-order valence-corrected chi connectivity index (χ2v) is 16.7. The number of nitrogens with one attached hydrogen (secondary N) is 1. The maximum Gasteiger partial charge on any atom is 0.264 e. The minimum atomic E-state index is -4.18. The second-order valence-electron chi connectivity index (χ2n) is 15.0. The van der Waals surface area contributed by atoms with E-state index in [9.17, 15) is 13.2 Å². The molecule has 0 unspecified atom stereocenters. The fourth-order valence-electron chi connectivity index (χ4n) is 7.51. The number of aryl methyl sites for hydroxylation is 2. The molecule has 0 spiro atoms.